The van der Waals surface area contributed by atoms with Crippen molar-refractivity contribution >= 4 is 51.7 Å². The van der Waals surface area contributed by atoms with Crippen LogP contribution in [0.5, 0.6) is 0 Å². The lowest BCUT2D eigenvalue weighted by Crippen LogP contribution is -2.22. The zero-order chi connectivity index (χ0) is 19.1. The highest BCUT2D eigenvalue weighted by molar-refractivity contribution is 6.35. The number of fused-ring (bicyclic) bond motifs is 1. The minimum absolute atomic E-state index is 0.0127. The van der Waals surface area contributed by atoms with Gasteiger partial charge in [-0.05, 0) is 54.6 Å². The molecule has 2 aromatic carbocycles. The summed E-state index contributed by atoms with van der Waals surface area (Å²) >= 11 is 18.0. The molecule has 0 aliphatic heterocycles. The highest BCUT2D eigenvalue weighted by Crippen LogP contribution is 2.33. The first kappa shape index (κ1) is 17.9. The fourth-order valence-corrected chi connectivity index (χ4v) is 3.52. The summed E-state index contributed by atoms with van der Waals surface area (Å²) in [5, 5.41) is 13.4. The van der Waals surface area contributed by atoms with Gasteiger partial charge in [-0.1, -0.05) is 34.8 Å². The number of carboxylic acids is 1. The number of carboxylic acid groups (broad SMARTS) is 1. The number of benzene rings is 2. The lowest BCUT2D eigenvalue weighted by Gasteiger charge is -2.09. The zero-order valence-corrected chi connectivity index (χ0v) is 15.8. The second-order valence-electron chi connectivity index (χ2n) is 5.83. The van der Waals surface area contributed by atoms with E-state index in [1.807, 2.05) is 0 Å². The van der Waals surface area contributed by atoms with Crippen molar-refractivity contribution in [3.8, 4) is 22.8 Å². The number of halogens is 3. The summed E-state index contributed by atoms with van der Waals surface area (Å²) in [4.78, 5) is 16.0. The van der Waals surface area contributed by atoms with E-state index in [4.69, 9.17) is 39.2 Å². The average molecular weight is 418 g/mol. The Hall–Kier alpha value is -2.53. The number of carbonyl (C=O) groups is 1. The van der Waals surface area contributed by atoms with E-state index in [2.05, 4.69) is 4.98 Å². The number of hydrogen-bond donors (Lipinski definition) is 0. The monoisotopic (exact) mass is 416 g/mol. The number of pyridine rings is 1. The quantitative estimate of drug-likeness (QED) is 0.442. The molecule has 134 valence electrons. The molecule has 4 rings (SSSR count). The van der Waals surface area contributed by atoms with Crippen molar-refractivity contribution < 1.29 is 14.3 Å². The third-order valence-corrected chi connectivity index (χ3v) is 4.67. The number of rotatable bonds is 3. The molecule has 0 unspecified atom stereocenters. The molecule has 0 saturated heterocycles. The Balaban J connectivity index is 1.84. The molecular weight excluding hydrogens is 409 g/mol. The molecule has 7 heteroatoms. The van der Waals surface area contributed by atoms with E-state index in [0.29, 0.717) is 48.7 Å². The molecular formula is C20H9Cl3NO3-. The summed E-state index contributed by atoms with van der Waals surface area (Å²) in [6.45, 7) is 0. The molecule has 2 heterocycles. The van der Waals surface area contributed by atoms with Crippen molar-refractivity contribution in [3.05, 3.63) is 75.2 Å². The highest BCUT2D eigenvalue weighted by Gasteiger charge is 2.13. The summed E-state index contributed by atoms with van der Waals surface area (Å²) in [5.41, 5.74) is 1.52. The predicted octanol–water partition coefficient (Wildman–Crippen LogP) is 5.49. The first-order chi connectivity index (χ1) is 12.9. The van der Waals surface area contributed by atoms with Gasteiger partial charge in [0, 0.05) is 31.6 Å². The van der Waals surface area contributed by atoms with Crippen LogP contribution >= 0.6 is 34.8 Å². The summed E-state index contributed by atoms with van der Waals surface area (Å²) < 4.78 is 5.85. The van der Waals surface area contributed by atoms with E-state index in [-0.39, 0.29) is 5.56 Å². The van der Waals surface area contributed by atoms with Crippen molar-refractivity contribution in [3.63, 3.8) is 0 Å². The largest absolute Gasteiger partial charge is 0.545 e. The molecule has 0 radical (unpaired) electrons. The third-order valence-electron chi connectivity index (χ3n) is 4.00. The van der Waals surface area contributed by atoms with Crippen LogP contribution in [0.3, 0.4) is 0 Å². The molecule has 0 N–H and O–H groups in total. The molecule has 0 fully saturated rings. The molecule has 0 amide bonds. The second-order valence-corrected chi connectivity index (χ2v) is 7.14. The minimum atomic E-state index is -1.32. The number of aromatic carboxylic acids is 1. The number of nitrogens with zero attached hydrogens (tertiary/aromatic N) is 1. The van der Waals surface area contributed by atoms with Gasteiger partial charge in [-0.3, -0.25) is 0 Å². The van der Waals surface area contributed by atoms with Gasteiger partial charge in [0.15, 0.2) is 5.76 Å². The Bertz CT molecular complexity index is 1180. The van der Waals surface area contributed by atoms with Crippen LogP contribution in [0.15, 0.2) is 59.0 Å². The SMILES string of the molecule is O=C([O-])c1cc(-c2ccc(-c3cc(Cl)cc(Cl)c3)o2)nc2ccc(Cl)cc12. The van der Waals surface area contributed by atoms with Crippen LogP contribution in [0.1, 0.15) is 10.4 Å². The molecule has 0 saturated carbocycles. The van der Waals surface area contributed by atoms with Crippen molar-refractivity contribution in [2.24, 2.45) is 0 Å². The van der Waals surface area contributed by atoms with Gasteiger partial charge >= 0.3 is 0 Å². The first-order valence-corrected chi connectivity index (χ1v) is 8.92. The lowest BCUT2D eigenvalue weighted by molar-refractivity contribution is -0.254. The van der Waals surface area contributed by atoms with Crippen LogP contribution in [0.4, 0.5) is 0 Å². The van der Waals surface area contributed by atoms with E-state index < -0.39 is 5.97 Å². The van der Waals surface area contributed by atoms with E-state index >= 15 is 0 Å². The molecule has 0 bridgehead atoms. The standard InChI is InChI=1S/C20H10Cl3NO3/c21-11-1-2-16-14(8-11)15(20(25)26)9-17(24-16)19-4-3-18(27-19)10-5-12(22)7-13(23)6-10/h1-9H,(H,25,26)/p-1. The van der Waals surface area contributed by atoms with Gasteiger partial charge in [-0.15, -0.1) is 0 Å². The summed E-state index contributed by atoms with van der Waals surface area (Å²) in [6.07, 6.45) is 0. The predicted molar refractivity (Wildman–Crippen MR) is 104 cm³/mol. The fraction of sp³-hybridized carbons (Fsp3) is 0. The smallest absolute Gasteiger partial charge is 0.153 e. The van der Waals surface area contributed by atoms with Crippen LogP contribution < -0.4 is 5.11 Å². The first-order valence-electron chi connectivity index (χ1n) is 7.79. The molecule has 27 heavy (non-hydrogen) atoms. The van der Waals surface area contributed by atoms with Crippen molar-refractivity contribution in [1.82, 2.24) is 4.98 Å². The molecule has 0 spiro atoms. The molecule has 2 aromatic heterocycles. The van der Waals surface area contributed by atoms with Crippen LogP contribution in [-0.4, -0.2) is 11.0 Å². The molecule has 0 aliphatic carbocycles. The minimum Gasteiger partial charge on any atom is -0.545 e. The topological polar surface area (TPSA) is 66.2 Å². The third kappa shape index (κ3) is 3.52. The lowest BCUT2D eigenvalue weighted by atomic mass is 10.1. The van der Waals surface area contributed by atoms with E-state index in [0.717, 1.165) is 0 Å². The van der Waals surface area contributed by atoms with Crippen LogP contribution in [0.2, 0.25) is 15.1 Å². The van der Waals surface area contributed by atoms with Gasteiger partial charge < -0.3 is 14.3 Å². The summed E-state index contributed by atoms with van der Waals surface area (Å²) in [5.74, 6) is -0.387. The molecule has 0 atom stereocenters. The van der Waals surface area contributed by atoms with E-state index in [1.54, 1.807) is 48.5 Å². The van der Waals surface area contributed by atoms with Gasteiger partial charge in [-0.25, -0.2) is 4.98 Å². The normalized spacial score (nSPS) is 11.1. The van der Waals surface area contributed by atoms with Gasteiger partial charge in [0.2, 0.25) is 0 Å². The maximum absolute atomic E-state index is 11.6. The van der Waals surface area contributed by atoms with Crippen LogP contribution in [0.25, 0.3) is 33.7 Å². The van der Waals surface area contributed by atoms with E-state index in [9.17, 15) is 9.90 Å². The van der Waals surface area contributed by atoms with Crippen molar-refractivity contribution in [2.75, 3.05) is 0 Å². The zero-order valence-electron chi connectivity index (χ0n) is 13.5. The average Bonchev–Trinajstić information content (AvgIpc) is 3.10. The highest BCUT2D eigenvalue weighted by atomic mass is 35.5. The Labute approximate surface area is 168 Å². The summed E-state index contributed by atoms with van der Waals surface area (Å²) in [7, 11) is 0. The van der Waals surface area contributed by atoms with Crippen molar-refractivity contribution in [1.29, 1.82) is 0 Å². The van der Waals surface area contributed by atoms with Crippen molar-refractivity contribution in [2.45, 2.75) is 0 Å². The maximum atomic E-state index is 11.6. The number of carbonyl (C=O) groups excluding carboxylic acids is 1. The van der Waals surface area contributed by atoms with Gasteiger partial charge in [0.1, 0.15) is 11.5 Å². The number of furan rings is 1. The summed E-state index contributed by atoms with van der Waals surface area (Å²) in [6, 6.07) is 14.7. The molecule has 4 aromatic rings. The number of aromatic nitrogens is 1. The van der Waals surface area contributed by atoms with Gasteiger partial charge in [0.25, 0.3) is 0 Å². The molecule has 4 nitrogen and oxygen atoms in total. The molecule has 0 aliphatic rings. The number of hydrogen-bond acceptors (Lipinski definition) is 4. The Morgan fingerprint density at radius 1 is 0.852 bits per heavy atom. The maximum Gasteiger partial charge on any atom is 0.153 e. The van der Waals surface area contributed by atoms with Gasteiger partial charge in [-0.2, -0.15) is 0 Å². The second kappa shape index (κ2) is 6.89. The van der Waals surface area contributed by atoms with E-state index in [1.165, 1.54) is 6.07 Å². The van der Waals surface area contributed by atoms with Gasteiger partial charge in [0.05, 0.1) is 11.5 Å². The fourth-order valence-electron chi connectivity index (χ4n) is 2.82. The Morgan fingerprint density at radius 3 is 2.26 bits per heavy atom. The Kier molecular flexibility index (Phi) is 4.56. The van der Waals surface area contributed by atoms with Crippen LogP contribution in [0, 0.1) is 0 Å². The Morgan fingerprint density at radius 2 is 1.56 bits per heavy atom. The van der Waals surface area contributed by atoms with Crippen LogP contribution in [-0.2, 0) is 0 Å².